The number of halogens is 1. The van der Waals surface area contributed by atoms with Crippen LogP contribution in [0.15, 0.2) is 24.3 Å². The van der Waals surface area contributed by atoms with E-state index in [4.69, 9.17) is 0 Å². The third-order valence-corrected chi connectivity index (χ3v) is 6.05. The predicted octanol–water partition coefficient (Wildman–Crippen LogP) is 2.91. The maximum absolute atomic E-state index is 13.0. The van der Waals surface area contributed by atoms with E-state index in [1.165, 1.54) is 12.1 Å². The van der Waals surface area contributed by atoms with Crippen molar-refractivity contribution < 1.29 is 14.3 Å². The Balaban J connectivity index is 1.55. The van der Waals surface area contributed by atoms with Crippen molar-refractivity contribution in [3.05, 3.63) is 35.6 Å². The molecule has 1 saturated heterocycles. The second-order valence-corrected chi connectivity index (χ2v) is 8.26. The fourth-order valence-electron chi connectivity index (χ4n) is 4.45. The van der Waals surface area contributed by atoms with E-state index in [-0.39, 0.29) is 17.1 Å². The van der Waals surface area contributed by atoms with Gasteiger partial charge in [-0.15, -0.1) is 0 Å². The van der Waals surface area contributed by atoms with Crippen molar-refractivity contribution in [2.75, 3.05) is 33.7 Å². The molecule has 1 heterocycles. The first-order valence-corrected chi connectivity index (χ1v) is 9.23. The van der Waals surface area contributed by atoms with Gasteiger partial charge >= 0.3 is 0 Å². The molecule has 1 N–H and O–H groups in total. The molecule has 0 bridgehead atoms. The second-order valence-electron chi connectivity index (χ2n) is 8.26. The number of hydrogen-bond donors (Lipinski definition) is 1. The Kier molecular flexibility index (Phi) is 5.16. The summed E-state index contributed by atoms with van der Waals surface area (Å²) >= 11 is 0. The molecule has 1 aliphatic heterocycles. The molecule has 25 heavy (non-hydrogen) atoms. The van der Waals surface area contributed by atoms with Crippen molar-refractivity contribution in [1.82, 2.24) is 9.80 Å². The van der Waals surface area contributed by atoms with E-state index >= 15 is 0 Å². The van der Waals surface area contributed by atoms with E-state index in [0.717, 1.165) is 58.2 Å². The minimum absolute atomic E-state index is 0.00484. The van der Waals surface area contributed by atoms with E-state index in [0.29, 0.717) is 5.56 Å². The van der Waals surface area contributed by atoms with Gasteiger partial charge in [0.05, 0.1) is 5.60 Å². The molecule has 1 aliphatic carbocycles. The molecule has 5 heteroatoms. The molecule has 2 aliphatic rings. The highest BCUT2D eigenvalue weighted by atomic mass is 19.1. The Morgan fingerprint density at radius 1 is 1.08 bits per heavy atom. The summed E-state index contributed by atoms with van der Waals surface area (Å²) in [6.07, 6.45) is 5.76. The second kappa shape index (κ2) is 7.04. The fourth-order valence-corrected chi connectivity index (χ4v) is 4.45. The van der Waals surface area contributed by atoms with Gasteiger partial charge in [-0.05, 0) is 82.3 Å². The SMILES string of the molecule is CN(C)CC1(O)CCC2(CCN(C(=O)c3ccc(F)cc3)CC2)CC1. The highest BCUT2D eigenvalue weighted by Gasteiger charge is 2.43. The largest absolute Gasteiger partial charge is 0.389 e. The van der Waals surface area contributed by atoms with Crippen LogP contribution in [0.25, 0.3) is 0 Å². The van der Waals surface area contributed by atoms with Crippen LogP contribution in [-0.4, -0.2) is 60.1 Å². The van der Waals surface area contributed by atoms with Gasteiger partial charge in [0.25, 0.3) is 5.91 Å². The number of rotatable bonds is 3. The predicted molar refractivity (Wildman–Crippen MR) is 95.9 cm³/mol. The number of carbonyl (C=O) groups is 1. The van der Waals surface area contributed by atoms with E-state index in [1.54, 1.807) is 12.1 Å². The summed E-state index contributed by atoms with van der Waals surface area (Å²) in [6, 6.07) is 5.80. The van der Waals surface area contributed by atoms with Crippen molar-refractivity contribution in [2.24, 2.45) is 5.41 Å². The zero-order chi connectivity index (χ0) is 18.1. The molecule has 3 rings (SSSR count). The van der Waals surface area contributed by atoms with Crippen molar-refractivity contribution in [3.63, 3.8) is 0 Å². The van der Waals surface area contributed by atoms with Gasteiger partial charge < -0.3 is 14.9 Å². The molecule has 1 aromatic carbocycles. The Bertz CT molecular complexity index is 597. The molecule has 0 radical (unpaired) electrons. The molecule has 138 valence electrons. The van der Waals surface area contributed by atoms with E-state index < -0.39 is 5.60 Å². The van der Waals surface area contributed by atoms with Crippen molar-refractivity contribution in [3.8, 4) is 0 Å². The zero-order valence-electron chi connectivity index (χ0n) is 15.3. The number of carbonyl (C=O) groups excluding carboxylic acids is 1. The van der Waals surface area contributed by atoms with Gasteiger partial charge in [0.1, 0.15) is 5.82 Å². The molecule has 0 aromatic heterocycles. The average Bonchev–Trinajstić information content (AvgIpc) is 2.58. The Hall–Kier alpha value is -1.46. The molecule has 2 fully saturated rings. The van der Waals surface area contributed by atoms with Crippen LogP contribution >= 0.6 is 0 Å². The van der Waals surface area contributed by atoms with Gasteiger partial charge in [-0.3, -0.25) is 4.79 Å². The number of piperidine rings is 1. The normalized spacial score (nSPS) is 22.4. The van der Waals surface area contributed by atoms with Gasteiger partial charge in [0.2, 0.25) is 0 Å². The fraction of sp³-hybridized carbons (Fsp3) is 0.650. The van der Waals surface area contributed by atoms with E-state index in [9.17, 15) is 14.3 Å². The van der Waals surface area contributed by atoms with Gasteiger partial charge in [0.15, 0.2) is 0 Å². The lowest BCUT2D eigenvalue weighted by atomic mass is 9.64. The Morgan fingerprint density at radius 2 is 1.64 bits per heavy atom. The molecule has 1 saturated carbocycles. The van der Waals surface area contributed by atoms with Crippen molar-refractivity contribution >= 4 is 5.91 Å². The van der Waals surface area contributed by atoms with Crippen LogP contribution < -0.4 is 0 Å². The number of benzene rings is 1. The van der Waals surface area contributed by atoms with E-state index in [1.807, 2.05) is 19.0 Å². The van der Waals surface area contributed by atoms with Crippen LogP contribution in [-0.2, 0) is 0 Å². The summed E-state index contributed by atoms with van der Waals surface area (Å²) in [6.45, 7) is 2.23. The summed E-state index contributed by atoms with van der Waals surface area (Å²) in [7, 11) is 4.00. The Morgan fingerprint density at radius 3 is 2.16 bits per heavy atom. The minimum Gasteiger partial charge on any atom is -0.389 e. The van der Waals surface area contributed by atoms with Crippen LogP contribution in [0, 0.1) is 11.2 Å². The van der Waals surface area contributed by atoms with Crippen LogP contribution in [0.1, 0.15) is 48.9 Å². The number of nitrogens with zero attached hydrogens (tertiary/aromatic N) is 2. The summed E-state index contributed by atoms with van der Waals surface area (Å²) < 4.78 is 13.0. The summed E-state index contributed by atoms with van der Waals surface area (Å²) in [5.41, 5.74) is 0.273. The third kappa shape index (κ3) is 4.21. The number of aliphatic hydroxyl groups is 1. The maximum atomic E-state index is 13.0. The first-order valence-electron chi connectivity index (χ1n) is 9.23. The smallest absolute Gasteiger partial charge is 0.253 e. The number of likely N-dealkylation sites (N-methyl/N-ethyl adjacent to an activating group) is 1. The zero-order valence-corrected chi connectivity index (χ0v) is 15.3. The van der Waals surface area contributed by atoms with E-state index in [2.05, 4.69) is 4.90 Å². The van der Waals surface area contributed by atoms with Gasteiger partial charge in [-0.1, -0.05) is 0 Å². The van der Waals surface area contributed by atoms with Crippen molar-refractivity contribution in [1.29, 1.82) is 0 Å². The third-order valence-electron chi connectivity index (χ3n) is 6.05. The average molecular weight is 348 g/mol. The molecule has 0 unspecified atom stereocenters. The summed E-state index contributed by atoms with van der Waals surface area (Å²) in [5, 5.41) is 10.7. The monoisotopic (exact) mass is 348 g/mol. The molecule has 1 aromatic rings. The van der Waals surface area contributed by atoms with Gasteiger partial charge in [-0.25, -0.2) is 4.39 Å². The lowest BCUT2D eigenvalue weighted by molar-refractivity contribution is -0.0615. The highest BCUT2D eigenvalue weighted by molar-refractivity contribution is 5.94. The lowest BCUT2D eigenvalue weighted by Gasteiger charge is -2.48. The van der Waals surface area contributed by atoms with Crippen molar-refractivity contribution in [2.45, 2.75) is 44.1 Å². The topological polar surface area (TPSA) is 43.8 Å². The van der Waals surface area contributed by atoms with Crippen LogP contribution in [0.2, 0.25) is 0 Å². The maximum Gasteiger partial charge on any atom is 0.253 e. The van der Waals surface area contributed by atoms with Crippen LogP contribution in [0.3, 0.4) is 0 Å². The number of hydrogen-bond acceptors (Lipinski definition) is 3. The molecule has 1 amide bonds. The Labute approximate surface area is 149 Å². The molecular weight excluding hydrogens is 319 g/mol. The first-order chi connectivity index (χ1) is 11.8. The first kappa shape index (κ1) is 18.3. The standard InChI is InChI=1S/C20H29FN2O2/c1-22(2)15-20(25)9-7-19(8-10-20)11-13-23(14-12-19)18(24)16-3-5-17(21)6-4-16/h3-6,25H,7-15H2,1-2H3. The molecule has 0 atom stereocenters. The van der Waals surface area contributed by atoms with Gasteiger partial charge in [-0.2, -0.15) is 0 Å². The number of amides is 1. The quantitative estimate of drug-likeness (QED) is 0.913. The molecule has 1 spiro atoms. The minimum atomic E-state index is -0.560. The molecular formula is C20H29FN2O2. The summed E-state index contributed by atoms with van der Waals surface area (Å²) in [5.74, 6) is -0.323. The lowest BCUT2D eigenvalue weighted by Crippen LogP contribution is -2.49. The molecule has 4 nitrogen and oxygen atoms in total. The summed E-state index contributed by atoms with van der Waals surface area (Å²) in [4.78, 5) is 16.5. The van der Waals surface area contributed by atoms with Gasteiger partial charge in [0, 0.05) is 25.2 Å². The number of likely N-dealkylation sites (tertiary alicyclic amines) is 1. The van der Waals surface area contributed by atoms with Crippen LogP contribution in [0.5, 0.6) is 0 Å². The van der Waals surface area contributed by atoms with Crippen LogP contribution in [0.4, 0.5) is 4.39 Å². The highest BCUT2D eigenvalue weighted by Crippen LogP contribution is 2.47.